The Morgan fingerprint density at radius 1 is 0.600 bits per heavy atom. The SMILES string of the molecule is CC(C)(c1ccc(O)cc1)c1ccc(Oc2ccc(C(C)(C)c3ccc(O)cc3)cc2C=O)cc1. The Morgan fingerprint density at radius 2 is 1.00 bits per heavy atom. The van der Waals surface area contributed by atoms with Crippen LogP contribution < -0.4 is 4.74 Å². The van der Waals surface area contributed by atoms with Gasteiger partial charge in [-0.25, -0.2) is 0 Å². The van der Waals surface area contributed by atoms with E-state index >= 15 is 0 Å². The lowest BCUT2D eigenvalue weighted by atomic mass is 9.77. The van der Waals surface area contributed by atoms with Crippen LogP contribution in [0.3, 0.4) is 0 Å². The molecule has 0 atom stereocenters. The summed E-state index contributed by atoms with van der Waals surface area (Å²) in [5.41, 5.74) is 4.09. The van der Waals surface area contributed by atoms with Crippen molar-refractivity contribution in [3.63, 3.8) is 0 Å². The Kier molecular flexibility index (Phi) is 6.40. The van der Waals surface area contributed by atoms with Crippen molar-refractivity contribution in [2.45, 2.75) is 38.5 Å². The fourth-order valence-electron chi connectivity index (χ4n) is 4.28. The first-order valence-corrected chi connectivity index (χ1v) is 11.6. The van der Waals surface area contributed by atoms with Gasteiger partial charge in [-0.1, -0.05) is 70.2 Å². The van der Waals surface area contributed by atoms with Crippen molar-refractivity contribution < 1.29 is 19.7 Å². The second-order valence-corrected chi connectivity index (χ2v) is 9.84. The molecule has 0 aliphatic rings. The molecule has 0 saturated heterocycles. The van der Waals surface area contributed by atoms with Gasteiger partial charge in [0.05, 0.1) is 5.56 Å². The van der Waals surface area contributed by atoms with E-state index in [2.05, 4.69) is 27.7 Å². The summed E-state index contributed by atoms with van der Waals surface area (Å²) < 4.78 is 6.08. The van der Waals surface area contributed by atoms with Crippen LogP contribution in [0, 0.1) is 0 Å². The number of hydrogen-bond acceptors (Lipinski definition) is 4. The standard InChI is InChI=1S/C31H30O4/c1-30(2,22-5-12-26(33)13-6-22)24-9-16-28(17-10-24)35-29-18-11-25(19-21(29)20-32)31(3,4)23-7-14-27(34)15-8-23/h5-20,33-34H,1-4H3. The highest BCUT2D eigenvalue weighted by Crippen LogP contribution is 2.37. The van der Waals surface area contributed by atoms with Crippen molar-refractivity contribution in [3.05, 3.63) is 119 Å². The minimum atomic E-state index is -0.356. The van der Waals surface area contributed by atoms with Crippen LogP contribution >= 0.6 is 0 Å². The van der Waals surface area contributed by atoms with Crippen molar-refractivity contribution in [1.82, 2.24) is 0 Å². The van der Waals surface area contributed by atoms with Gasteiger partial charge in [-0.15, -0.1) is 0 Å². The Bertz CT molecular complexity index is 1320. The van der Waals surface area contributed by atoms with Crippen LogP contribution in [0.4, 0.5) is 0 Å². The Hall–Kier alpha value is -4.05. The van der Waals surface area contributed by atoms with Crippen molar-refractivity contribution in [1.29, 1.82) is 0 Å². The third-order valence-corrected chi connectivity index (χ3v) is 6.84. The maximum absolute atomic E-state index is 11.9. The lowest BCUT2D eigenvalue weighted by Crippen LogP contribution is -2.19. The van der Waals surface area contributed by atoms with E-state index in [1.807, 2.05) is 66.7 Å². The van der Waals surface area contributed by atoms with E-state index in [0.717, 1.165) is 28.5 Å². The average Bonchev–Trinajstić information content (AvgIpc) is 2.85. The van der Waals surface area contributed by atoms with Crippen molar-refractivity contribution in [3.8, 4) is 23.0 Å². The molecule has 0 radical (unpaired) electrons. The Labute approximate surface area is 206 Å². The number of ether oxygens (including phenoxy) is 1. The third kappa shape index (κ3) is 4.92. The summed E-state index contributed by atoms with van der Waals surface area (Å²) in [5.74, 6) is 1.61. The molecular formula is C31H30O4. The zero-order valence-electron chi connectivity index (χ0n) is 20.4. The summed E-state index contributed by atoms with van der Waals surface area (Å²) in [4.78, 5) is 11.9. The molecule has 0 aromatic heterocycles. The largest absolute Gasteiger partial charge is 0.508 e. The number of carbonyl (C=O) groups excluding carboxylic acids is 1. The first-order chi connectivity index (χ1) is 16.6. The molecular weight excluding hydrogens is 436 g/mol. The molecule has 2 N–H and O–H groups in total. The van der Waals surface area contributed by atoms with Gasteiger partial charge in [-0.3, -0.25) is 4.79 Å². The van der Waals surface area contributed by atoms with Gasteiger partial charge in [0, 0.05) is 10.8 Å². The molecule has 0 spiro atoms. The highest BCUT2D eigenvalue weighted by atomic mass is 16.5. The molecule has 4 nitrogen and oxygen atoms in total. The van der Waals surface area contributed by atoms with Crippen molar-refractivity contribution in [2.24, 2.45) is 0 Å². The molecule has 4 aromatic rings. The van der Waals surface area contributed by atoms with E-state index in [4.69, 9.17) is 4.74 Å². The second-order valence-electron chi connectivity index (χ2n) is 9.84. The van der Waals surface area contributed by atoms with Gasteiger partial charge in [-0.05, 0) is 70.8 Å². The molecule has 0 saturated carbocycles. The number of rotatable bonds is 7. The molecule has 0 aliphatic carbocycles. The molecule has 0 bridgehead atoms. The summed E-state index contributed by atoms with van der Waals surface area (Å²) in [6.45, 7) is 8.43. The smallest absolute Gasteiger partial charge is 0.153 e. The molecule has 4 rings (SSSR count). The maximum Gasteiger partial charge on any atom is 0.153 e. The number of phenols is 2. The van der Waals surface area contributed by atoms with Gasteiger partial charge >= 0.3 is 0 Å². The van der Waals surface area contributed by atoms with Gasteiger partial charge in [0.1, 0.15) is 23.0 Å². The first-order valence-electron chi connectivity index (χ1n) is 11.6. The Morgan fingerprint density at radius 3 is 1.46 bits per heavy atom. The van der Waals surface area contributed by atoms with Gasteiger partial charge in [0.25, 0.3) is 0 Å². The predicted molar refractivity (Wildman–Crippen MR) is 139 cm³/mol. The molecule has 0 aliphatic heterocycles. The summed E-state index contributed by atoms with van der Waals surface area (Å²) in [6, 6.07) is 27.9. The molecule has 35 heavy (non-hydrogen) atoms. The minimum absolute atomic E-state index is 0.222. The first kappa shape index (κ1) is 24.1. The lowest BCUT2D eigenvalue weighted by Gasteiger charge is -2.27. The number of benzene rings is 4. The summed E-state index contributed by atoms with van der Waals surface area (Å²) >= 11 is 0. The molecule has 4 aromatic carbocycles. The average molecular weight is 467 g/mol. The summed E-state index contributed by atoms with van der Waals surface area (Å²) in [6.07, 6.45) is 0.814. The van der Waals surface area contributed by atoms with Crippen LogP contribution in [-0.2, 0) is 10.8 Å². The van der Waals surface area contributed by atoms with Crippen LogP contribution in [0.5, 0.6) is 23.0 Å². The fraction of sp³-hybridized carbons (Fsp3) is 0.194. The second kappa shape index (κ2) is 9.30. The van der Waals surface area contributed by atoms with E-state index in [-0.39, 0.29) is 22.3 Å². The normalized spacial score (nSPS) is 11.8. The lowest BCUT2D eigenvalue weighted by molar-refractivity contribution is 0.112. The molecule has 0 amide bonds. The number of aromatic hydroxyl groups is 2. The number of aldehydes is 1. The van der Waals surface area contributed by atoms with E-state index in [0.29, 0.717) is 17.1 Å². The number of hydrogen-bond donors (Lipinski definition) is 2. The molecule has 0 fully saturated rings. The van der Waals surface area contributed by atoms with E-state index in [9.17, 15) is 15.0 Å². The molecule has 0 heterocycles. The topological polar surface area (TPSA) is 66.8 Å². The van der Waals surface area contributed by atoms with Crippen molar-refractivity contribution in [2.75, 3.05) is 0 Å². The van der Waals surface area contributed by atoms with Gasteiger partial charge in [0.15, 0.2) is 6.29 Å². The summed E-state index contributed by atoms with van der Waals surface area (Å²) in [7, 11) is 0. The quantitative estimate of drug-likeness (QED) is 0.279. The highest BCUT2D eigenvalue weighted by molar-refractivity contribution is 5.80. The van der Waals surface area contributed by atoms with Crippen LogP contribution in [0.1, 0.15) is 60.3 Å². The van der Waals surface area contributed by atoms with Crippen LogP contribution in [0.25, 0.3) is 0 Å². The minimum Gasteiger partial charge on any atom is -0.508 e. The molecule has 0 unspecified atom stereocenters. The van der Waals surface area contributed by atoms with Gasteiger partial charge < -0.3 is 14.9 Å². The summed E-state index contributed by atoms with van der Waals surface area (Å²) in [5, 5.41) is 19.2. The third-order valence-electron chi connectivity index (χ3n) is 6.84. The number of phenolic OH excluding ortho intramolecular Hbond substituents is 2. The fourth-order valence-corrected chi connectivity index (χ4v) is 4.28. The van der Waals surface area contributed by atoms with Gasteiger partial charge in [-0.2, -0.15) is 0 Å². The van der Waals surface area contributed by atoms with Crippen LogP contribution in [0.15, 0.2) is 91.0 Å². The number of carbonyl (C=O) groups is 1. The van der Waals surface area contributed by atoms with Crippen LogP contribution in [0.2, 0.25) is 0 Å². The maximum atomic E-state index is 11.9. The zero-order chi connectivity index (χ0) is 25.2. The zero-order valence-corrected chi connectivity index (χ0v) is 20.4. The Balaban J connectivity index is 1.57. The molecule has 178 valence electrons. The monoisotopic (exact) mass is 466 g/mol. The van der Waals surface area contributed by atoms with Gasteiger partial charge in [0.2, 0.25) is 0 Å². The van der Waals surface area contributed by atoms with E-state index in [1.54, 1.807) is 24.3 Å². The van der Waals surface area contributed by atoms with Crippen molar-refractivity contribution >= 4 is 6.29 Å². The van der Waals surface area contributed by atoms with E-state index in [1.165, 1.54) is 0 Å². The van der Waals surface area contributed by atoms with E-state index < -0.39 is 0 Å². The predicted octanol–water partition coefficient (Wildman–Crippen LogP) is 7.35. The highest BCUT2D eigenvalue weighted by Gasteiger charge is 2.25. The molecule has 4 heteroatoms. The van der Waals surface area contributed by atoms with Crippen LogP contribution in [-0.4, -0.2) is 16.5 Å².